The number of hydrogen-bond acceptors (Lipinski definition) is 5. The van der Waals surface area contributed by atoms with E-state index in [1.807, 2.05) is 6.92 Å². The number of carbonyl (C=O) groups is 1. The first-order chi connectivity index (χ1) is 11.6. The van der Waals surface area contributed by atoms with Crippen LogP contribution in [0, 0.1) is 5.92 Å². The number of nitrogens with zero attached hydrogens (tertiary/aromatic N) is 2. The van der Waals surface area contributed by atoms with Gasteiger partial charge in [-0.15, -0.1) is 0 Å². The van der Waals surface area contributed by atoms with Gasteiger partial charge in [-0.2, -0.15) is 0 Å². The minimum absolute atomic E-state index is 0.0725. The molecule has 0 spiro atoms. The smallest absolute Gasteiger partial charge is 0.310 e. The molecule has 1 unspecified atom stereocenters. The Bertz CT molecular complexity index is 436. The van der Waals surface area contributed by atoms with E-state index >= 15 is 0 Å². The zero-order valence-corrected chi connectivity index (χ0v) is 15.2. The molecule has 2 aliphatic rings. The van der Waals surface area contributed by atoms with Crippen molar-refractivity contribution >= 4 is 11.9 Å². The Morgan fingerprint density at radius 2 is 2.17 bits per heavy atom. The van der Waals surface area contributed by atoms with Gasteiger partial charge >= 0.3 is 5.97 Å². The highest BCUT2D eigenvalue weighted by atomic mass is 16.5. The first-order valence-corrected chi connectivity index (χ1v) is 8.89. The van der Waals surface area contributed by atoms with E-state index in [2.05, 4.69) is 15.2 Å². The lowest BCUT2D eigenvalue weighted by atomic mass is 9.94. The standard InChI is InChI=1S/C17H31N3O4/c1-4-24-15(21)14-6-5-9-20(12-14)16(18-2)19-13-17(22-3)7-10-23-11-8-17/h14H,4-13H2,1-3H3,(H,18,19). The first kappa shape index (κ1) is 19.0. The molecule has 2 heterocycles. The summed E-state index contributed by atoms with van der Waals surface area (Å²) < 4.78 is 16.4. The number of hydrogen-bond donors (Lipinski definition) is 1. The molecular weight excluding hydrogens is 310 g/mol. The van der Waals surface area contributed by atoms with Crippen molar-refractivity contribution in [1.29, 1.82) is 0 Å². The van der Waals surface area contributed by atoms with E-state index in [-0.39, 0.29) is 17.5 Å². The van der Waals surface area contributed by atoms with Gasteiger partial charge in [-0.05, 0) is 19.8 Å². The molecule has 0 amide bonds. The average Bonchev–Trinajstić information content (AvgIpc) is 2.63. The predicted octanol–water partition coefficient (Wildman–Crippen LogP) is 1.03. The number of likely N-dealkylation sites (tertiary alicyclic amines) is 1. The molecule has 0 aromatic rings. The van der Waals surface area contributed by atoms with Gasteiger partial charge in [-0.3, -0.25) is 9.79 Å². The number of ether oxygens (including phenoxy) is 3. The molecular formula is C17H31N3O4. The molecule has 2 aliphatic heterocycles. The highest BCUT2D eigenvalue weighted by Crippen LogP contribution is 2.24. The van der Waals surface area contributed by atoms with Gasteiger partial charge in [0.1, 0.15) is 0 Å². The van der Waals surface area contributed by atoms with Crippen LogP contribution in [0.2, 0.25) is 0 Å². The van der Waals surface area contributed by atoms with E-state index < -0.39 is 0 Å². The third-order valence-electron chi connectivity index (χ3n) is 4.96. The van der Waals surface area contributed by atoms with E-state index in [1.165, 1.54) is 0 Å². The summed E-state index contributed by atoms with van der Waals surface area (Å²) in [6.45, 7) is 5.98. The van der Waals surface area contributed by atoms with Crippen molar-refractivity contribution in [3.63, 3.8) is 0 Å². The van der Waals surface area contributed by atoms with Crippen LogP contribution in [-0.4, -0.2) is 76.0 Å². The molecule has 7 heteroatoms. The van der Waals surface area contributed by atoms with E-state index in [0.29, 0.717) is 19.7 Å². The summed E-state index contributed by atoms with van der Waals surface area (Å²) >= 11 is 0. The highest BCUT2D eigenvalue weighted by molar-refractivity contribution is 5.81. The molecule has 24 heavy (non-hydrogen) atoms. The number of carbonyl (C=O) groups excluding carboxylic acids is 1. The van der Waals surface area contributed by atoms with Crippen LogP contribution in [-0.2, 0) is 19.0 Å². The molecule has 2 saturated heterocycles. The third-order valence-corrected chi connectivity index (χ3v) is 4.96. The van der Waals surface area contributed by atoms with Crippen molar-refractivity contribution in [3.8, 4) is 0 Å². The first-order valence-electron chi connectivity index (χ1n) is 8.89. The Labute approximate surface area is 144 Å². The van der Waals surface area contributed by atoms with Crippen molar-refractivity contribution in [2.24, 2.45) is 10.9 Å². The van der Waals surface area contributed by atoms with Gasteiger partial charge in [-0.1, -0.05) is 0 Å². The van der Waals surface area contributed by atoms with E-state index in [1.54, 1.807) is 14.2 Å². The summed E-state index contributed by atoms with van der Waals surface area (Å²) in [5, 5.41) is 3.44. The SMILES string of the molecule is CCOC(=O)C1CCCN(C(=NC)NCC2(OC)CCOCC2)C1. The maximum absolute atomic E-state index is 12.0. The predicted molar refractivity (Wildman–Crippen MR) is 92.1 cm³/mol. The number of guanidine groups is 1. The molecule has 0 aliphatic carbocycles. The van der Waals surface area contributed by atoms with E-state index in [4.69, 9.17) is 14.2 Å². The zero-order valence-electron chi connectivity index (χ0n) is 15.2. The second-order valence-electron chi connectivity index (χ2n) is 6.44. The lowest BCUT2D eigenvalue weighted by Gasteiger charge is -2.38. The quantitative estimate of drug-likeness (QED) is 0.457. The minimum Gasteiger partial charge on any atom is -0.466 e. The van der Waals surface area contributed by atoms with E-state index in [0.717, 1.165) is 51.4 Å². The summed E-state index contributed by atoms with van der Waals surface area (Å²) in [5.74, 6) is 0.652. The molecule has 2 rings (SSSR count). The molecule has 1 N–H and O–H groups in total. The van der Waals surface area contributed by atoms with Crippen LogP contribution in [0.4, 0.5) is 0 Å². The van der Waals surface area contributed by atoms with Crippen molar-refractivity contribution in [1.82, 2.24) is 10.2 Å². The van der Waals surface area contributed by atoms with Crippen LogP contribution in [0.5, 0.6) is 0 Å². The van der Waals surface area contributed by atoms with Gasteiger partial charge in [0, 0.05) is 59.8 Å². The van der Waals surface area contributed by atoms with Gasteiger partial charge in [0.05, 0.1) is 18.1 Å². The molecule has 7 nitrogen and oxygen atoms in total. The van der Waals surface area contributed by atoms with Crippen LogP contribution in [0.3, 0.4) is 0 Å². The number of rotatable bonds is 5. The van der Waals surface area contributed by atoms with Crippen LogP contribution < -0.4 is 5.32 Å². The summed E-state index contributed by atoms with van der Waals surface area (Å²) in [5.41, 5.74) is -0.204. The average molecular weight is 341 g/mol. The van der Waals surface area contributed by atoms with Crippen LogP contribution in [0.15, 0.2) is 4.99 Å². The fourth-order valence-corrected chi connectivity index (χ4v) is 3.39. The lowest BCUT2D eigenvalue weighted by Crippen LogP contribution is -2.53. The molecule has 0 aromatic heterocycles. The number of methoxy groups -OCH3 is 1. The van der Waals surface area contributed by atoms with E-state index in [9.17, 15) is 4.79 Å². The van der Waals surface area contributed by atoms with Gasteiger partial charge < -0.3 is 24.4 Å². The summed E-state index contributed by atoms with van der Waals surface area (Å²) in [4.78, 5) is 18.6. The molecule has 0 aromatic carbocycles. The number of nitrogens with one attached hydrogen (secondary N) is 1. The Kier molecular flexibility index (Phi) is 7.30. The topological polar surface area (TPSA) is 72.4 Å². The molecule has 2 fully saturated rings. The van der Waals surface area contributed by atoms with Crippen molar-refractivity contribution in [3.05, 3.63) is 0 Å². The maximum atomic E-state index is 12.0. The second kappa shape index (κ2) is 9.22. The summed E-state index contributed by atoms with van der Waals surface area (Å²) in [6, 6.07) is 0. The van der Waals surface area contributed by atoms with Crippen molar-refractivity contribution in [2.75, 3.05) is 53.6 Å². The number of esters is 1. The maximum Gasteiger partial charge on any atom is 0.310 e. The molecule has 0 bridgehead atoms. The number of aliphatic imine (C=N–C) groups is 1. The van der Waals surface area contributed by atoms with Crippen LogP contribution in [0.1, 0.15) is 32.6 Å². The highest BCUT2D eigenvalue weighted by Gasteiger charge is 2.34. The Balaban J connectivity index is 1.91. The molecule has 1 atom stereocenters. The Morgan fingerprint density at radius 1 is 1.42 bits per heavy atom. The fraction of sp³-hybridized carbons (Fsp3) is 0.882. The van der Waals surface area contributed by atoms with Crippen molar-refractivity contribution < 1.29 is 19.0 Å². The van der Waals surface area contributed by atoms with Crippen molar-refractivity contribution in [2.45, 2.75) is 38.2 Å². The summed E-state index contributed by atoms with van der Waals surface area (Å²) in [7, 11) is 3.53. The van der Waals surface area contributed by atoms with Gasteiger partial charge in [0.15, 0.2) is 5.96 Å². The molecule has 0 radical (unpaired) electrons. The Hall–Kier alpha value is -1.34. The van der Waals surface area contributed by atoms with Crippen LogP contribution in [0.25, 0.3) is 0 Å². The Morgan fingerprint density at radius 3 is 2.79 bits per heavy atom. The lowest BCUT2D eigenvalue weighted by molar-refractivity contribution is -0.149. The van der Waals surface area contributed by atoms with Crippen LogP contribution >= 0.6 is 0 Å². The van der Waals surface area contributed by atoms with Gasteiger partial charge in [0.2, 0.25) is 0 Å². The normalized spacial score (nSPS) is 24.5. The van der Waals surface area contributed by atoms with Gasteiger partial charge in [0.25, 0.3) is 0 Å². The third kappa shape index (κ3) is 4.83. The summed E-state index contributed by atoms with van der Waals surface area (Å²) in [6.07, 6.45) is 3.59. The minimum atomic E-state index is -0.204. The fourth-order valence-electron chi connectivity index (χ4n) is 3.39. The largest absolute Gasteiger partial charge is 0.466 e. The molecule has 0 saturated carbocycles. The monoisotopic (exact) mass is 341 g/mol. The van der Waals surface area contributed by atoms with Gasteiger partial charge in [-0.25, -0.2) is 0 Å². The number of piperidine rings is 1. The zero-order chi connectivity index (χ0) is 17.4. The second-order valence-corrected chi connectivity index (χ2v) is 6.44. The molecule has 138 valence electrons.